The van der Waals surface area contributed by atoms with Crippen LogP contribution in [0.1, 0.15) is 48.7 Å². The SMILES string of the molecule is CC(C)(C)COC(=O)C1CCc2cc(C(=O)O)ccc2C1. The van der Waals surface area contributed by atoms with E-state index in [0.717, 1.165) is 24.0 Å². The predicted molar refractivity (Wildman–Crippen MR) is 79.3 cm³/mol. The van der Waals surface area contributed by atoms with E-state index < -0.39 is 5.97 Å². The topological polar surface area (TPSA) is 63.6 Å². The van der Waals surface area contributed by atoms with Crippen LogP contribution < -0.4 is 0 Å². The molecule has 1 aliphatic carbocycles. The normalized spacial score (nSPS) is 18.0. The lowest BCUT2D eigenvalue weighted by Gasteiger charge is -2.25. The first-order chi connectivity index (χ1) is 9.76. The summed E-state index contributed by atoms with van der Waals surface area (Å²) < 4.78 is 5.39. The van der Waals surface area contributed by atoms with Gasteiger partial charge in [-0.2, -0.15) is 0 Å². The molecule has 1 atom stereocenters. The number of benzene rings is 1. The zero-order chi connectivity index (χ0) is 15.6. The van der Waals surface area contributed by atoms with Gasteiger partial charge in [-0.25, -0.2) is 4.79 Å². The van der Waals surface area contributed by atoms with Gasteiger partial charge in [0, 0.05) is 0 Å². The van der Waals surface area contributed by atoms with Gasteiger partial charge in [-0.05, 0) is 47.9 Å². The highest BCUT2D eigenvalue weighted by Gasteiger charge is 2.27. The van der Waals surface area contributed by atoms with E-state index in [9.17, 15) is 9.59 Å². The van der Waals surface area contributed by atoms with Gasteiger partial charge in [0.05, 0.1) is 18.1 Å². The van der Waals surface area contributed by atoms with Gasteiger partial charge in [-0.1, -0.05) is 26.8 Å². The second-order valence-corrected chi connectivity index (χ2v) is 6.90. The zero-order valence-corrected chi connectivity index (χ0v) is 12.8. The summed E-state index contributed by atoms with van der Waals surface area (Å²) in [6, 6.07) is 5.14. The highest BCUT2D eigenvalue weighted by Crippen LogP contribution is 2.28. The summed E-state index contributed by atoms with van der Waals surface area (Å²) in [5.41, 5.74) is 2.37. The second-order valence-electron chi connectivity index (χ2n) is 6.90. The first-order valence-corrected chi connectivity index (χ1v) is 7.28. The Bertz CT molecular complexity index is 554. The molecule has 0 radical (unpaired) electrons. The molecule has 0 bridgehead atoms. The number of aromatic carboxylic acids is 1. The van der Waals surface area contributed by atoms with E-state index in [-0.39, 0.29) is 17.3 Å². The molecule has 1 aliphatic rings. The maximum atomic E-state index is 12.1. The van der Waals surface area contributed by atoms with Gasteiger partial charge in [0.15, 0.2) is 0 Å². The Hall–Kier alpha value is -1.84. The molecule has 0 heterocycles. The van der Waals surface area contributed by atoms with Crippen LogP contribution in [-0.2, 0) is 22.4 Å². The van der Waals surface area contributed by atoms with Crippen molar-refractivity contribution in [3.8, 4) is 0 Å². The van der Waals surface area contributed by atoms with Crippen molar-refractivity contribution in [2.45, 2.75) is 40.0 Å². The molecular weight excluding hydrogens is 268 g/mol. The number of carbonyl (C=O) groups excluding carboxylic acids is 1. The average molecular weight is 290 g/mol. The van der Waals surface area contributed by atoms with Crippen molar-refractivity contribution in [3.05, 3.63) is 34.9 Å². The Morgan fingerprint density at radius 3 is 2.62 bits per heavy atom. The van der Waals surface area contributed by atoms with Crippen molar-refractivity contribution in [3.63, 3.8) is 0 Å². The van der Waals surface area contributed by atoms with Crippen LogP contribution in [-0.4, -0.2) is 23.7 Å². The minimum atomic E-state index is -0.912. The molecule has 0 aliphatic heterocycles. The van der Waals surface area contributed by atoms with Crippen LogP contribution in [0.2, 0.25) is 0 Å². The van der Waals surface area contributed by atoms with E-state index in [0.29, 0.717) is 18.6 Å². The highest BCUT2D eigenvalue weighted by molar-refractivity contribution is 5.88. The monoisotopic (exact) mass is 290 g/mol. The van der Waals surface area contributed by atoms with Crippen LogP contribution in [0.5, 0.6) is 0 Å². The van der Waals surface area contributed by atoms with Crippen molar-refractivity contribution in [1.82, 2.24) is 0 Å². The van der Waals surface area contributed by atoms with Gasteiger partial charge >= 0.3 is 11.9 Å². The number of esters is 1. The lowest BCUT2D eigenvalue weighted by atomic mass is 9.83. The van der Waals surface area contributed by atoms with Crippen molar-refractivity contribution in [2.75, 3.05) is 6.61 Å². The number of carbonyl (C=O) groups is 2. The Labute approximate surface area is 125 Å². The predicted octanol–water partition coefficient (Wildman–Crippen LogP) is 3.08. The first-order valence-electron chi connectivity index (χ1n) is 7.28. The maximum absolute atomic E-state index is 12.1. The highest BCUT2D eigenvalue weighted by atomic mass is 16.5. The molecule has 2 rings (SSSR count). The summed E-state index contributed by atoms with van der Waals surface area (Å²) in [5, 5.41) is 9.00. The molecule has 0 spiro atoms. The molecule has 0 amide bonds. The minimum Gasteiger partial charge on any atom is -0.478 e. The molecule has 0 aromatic heterocycles. The molecule has 0 saturated heterocycles. The van der Waals surface area contributed by atoms with Crippen LogP contribution in [0.4, 0.5) is 0 Å². The number of hydrogen-bond acceptors (Lipinski definition) is 3. The van der Waals surface area contributed by atoms with Gasteiger partial charge in [-0.3, -0.25) is 4.79 Å². The van der Waals surface area contributed by atoms with Crippen molar-refractivity contribution < 1.29 is 19.4 Å². The molecule has 1 aromatic rings. The van der Waals surface area contributed by atoms with E-state index in [1.54, 1.807) is 12.1 Å². The van der Waals surface area contributed by atoms with Crippen molar-refractivity contribution >= 4 is 11.9 Å². The second kappa shape index (κ2) is 5.88. The van der Waals surface area contributed by atoms with Gasteiger partial charge in [0.2, 0.25) is 0 Å². The fourth-order valence-corrected chi connectivity index (χ4v) is 2.49. The lowest BCUT2D eigenvalue weighted by molar-refractivity contribution is -0.151. The third-order valence-electron chi connectivity index (χ3n) is 3.66. The van der Waals surface area contributed by atoms with Gasteiger partial charge in [0.25, 0.3) is 0 Å². The smallest absolute Gasteiger partial charge is 0.335 e. The summed E-state index contributed by atoms with van der Waals surface area (Å²) in [5.74, 6) is -1.17. The number of aryl methyl sites for hydroxylation is 1. The van der Waals surface area contributed by atoms with E-state index >= 15 is 0 Å². The fourth-order valence-electron chi connectivity index (χ4n) is 2.49. The van der Waals surface area contributed by atoms with Crippen LogP contribution in [0, 0.1) is 11.3 Å². The number of ether oxygens (including phenoxy) is 1. The van der Waals surface area contributed by atoms with Crippen molar-refractivity contribution in [1.29, 1.82) is 0 Å². The standard InChI is InChI=1S/C17H22O4/c1-17(2,3)10-21-16(20)14-7-5-11-8-13(15(18)19)6-4-12(11)9-14/h4,6,8,14H,5,7,9-10H2,1-3H3,(H,18,19). The molecular formula is C17H22O4. The Morgan fingerprint density at radius 2 is 2.00 bits per heavy atom. The number of carboxylic acid groups (broad SMARTS) is 1. The summed E-state index contributed by atoms with van der Waals surface area (Å²) >= 11 is 0. The molecule has 21 heavy (non-hydrogen) atoms. The van der Waals surface area contributed by atoms with E-state index in [1.807, 2.05) is 26.8 Å². The molecule has 114 valence electrons. The van der Waals surface area contributed by atoms with Crippen LogP contribution in [0.15, 0.2) is 18.2 Å². The van der Waals surface area contributed by atoms with Gasteiger partial charge in [0.1, 0.15) is 0 Å². The lowest BCUT2D eigenvalue weighted by Crippen LogP contribution is -2.28. The Morgan fingerprint density at radius 1 is 1.29 bits per heavy atom. The third kappa shape index (κ3) is 4.06. The molecule has 1 N–H and O–H groups in total. The molecule has 1 aromatic carbocycles. The number of fused-ring (bicyclic) bond motifs is 1. The van der Waals surface area contributed by atoms with Crippen LogP contribution in [0.3, 0.4) is 0 Å². The largest absolute Gasteiger partial charge is 0.478 e. The fraction of sp³-hybridized carbons (Fsp3) is 0.529. The molecule has 4 nitrogen and oxygen atoms in total. The summed E-state index contributed by atoms with van der Waals surface area (Å²) in [4.78, 5) is 23.1. The van der Waals surface area contributed by atoms with Crippen LogP contribution in [0.25, 0.3) is 0 Å². The quantitative estimate of drug-likeness (QED) is 0.869. The maximum Gasteiger partial charge on any atom is 0.335 e. The van der Waals surface area contributed by atoms with E-state index in [1.165, 1.54) is 0 Å². The summed E-state index contributed by atoms with van der Waals surface area (Å²) in [6.07, 6.45) is 2.09. The minimum absolute atomic E-state index is 0.0291. The molecule has 1 unspecified atom stereocenters. The summed E-state index contributed by atoms with van der Waals surface area (Å²) in [6.45, 7) is 6.52. The Kier molecular flexibility index (Phi) is 4.35. The van der Waals surface area contributed by atoms with Gasteiger partial charge in [-0.15, -0.1) is 0 Å². The molecule has 4 heteroatoms. The number of carboxylic acids is 1. The summed E-state index contributed by atoms with van der Waals surface area (Å²) in [7, 11) is 0. The Balaban J connectivity index is 2.02. The zero-order valence-electron chi connectivity index (χ0n) is 12.8. The third-order valence-corrected chi connectivity index (χ3v) is 3.66. The van der Waals surface area contributed by atoms with Crippen LogP contribution >= 0.6 is 0 Å². The van der Waals surface area contributed by atoms with E-state index in [2.05, 4.69) is 0 Å². The average Bonchev–Trinajstić information content (AvgIpc) is 2.42. The number of rotatable bonds is 3. The van der Waals surface area contributed by atoms with Crippen molar-refractivity contribution in [2.24, 2.45) is 11.3 Å². The first kappa shape index (κ1) is 15.5. The molecule has 0 saturated carbocycles. The number of hydrogen-bond donors (Lipinski definition) is 1. The van der Waals surface area contributed by atoms with E-state index in [4.69, 9.17) is 9.84 Å². The van der Waals surface area contributed by atoms with Gasteiger partial charge < -0.3 is 9.84 Å². The molecule has 0 fully saturated rings.